The molecule has 0 spiro atoms. The van der Waals surface area contributed by atoms with Crippen LogP contribution in [0.5, 0.6) is 0 Å². The monoisotopic (exact) mass is 359 g/mol. The number of rotatable bonds is 4. The lowest BCUT2D eigenvalue weighted by Crippen LogP contribution is -2.37. The molecule has 2 rings (SSSR count). The smallest absolute Gasteiger partial charge is 0.253 e. The topological polar surface area (TPSA) is 51.0 Å². The minimum atomic E-state index is -0.745. The van der Waals surface area contributed by atoms with Crippen LogP contribution >= 0.6 is 15.9 Å². The van der Waals surface area contributed by atoms with Crippen molar-refractivity contribution in [3.63, 3.8) is 0 Å². The molecule has 1 N–H and O–H groups in total. The fourth-order valence-electron chi connectivity index (χ4n) is 1.75. The molecule has 0 atom stereocenters. The highest BCUT2D eigenvalue weighted by atomic mass is 79.9. The van der Waals surface area contributed by atoms with Gasteiger partial charge in [-0.1, -0.05) is 15.9 Å². The average Bonchev–Trinajstić information content (AvgIpc) is 2.74. The lowest BCUT2D eigenvalue weighted by Gasteiger charge is -2.19. The van der Waals surface area contributed by atoms with Gasteiger partial charge in [0.05, 0.1) is 0 Å². The molecule has 0 fully saturated rings. The maximum atomic E-state index is 13.8. The van der Waals surface area contributed by atoms with Gasteiger partial charge in [0.15, 0.2) is 0 Å². The van der Waals surface area contributed by atoms with Crippen molar-refractivity contribution in [3.05, 3.63) is 34.1 Å². The summed E-state index contributed by atoms with van der Waals surface area (Å²) in [6, 6.07) is 2.31. The lowest BCUT2D eigenvalue weighted by molar-refractivity contribution is 0.411. The number of benzene rings is 1. The van der Waals surface area contributed by atoms with Crippen LogP contribution in [0.4, 0.5) is 8.78 Å². The molecule has 114 valence electrons. The van der Waals surface area contributed by atoms with E-state index < -0.39 is 11.6 Å². The van der Waals surface area contributed by atoms with Gasteiger partial charge in [0.1, 0.15) is 17.2 Å². The number of hydrogen-bond donors (Lipinski definition) is 1. The maximum absolute atomic E-state index is 13.8. The van der Waals surface area contributed by atoms with Crippen molar-refractivity contribution in [1.29, 1.82) is 0 Å². The molecule has 7 heteroatoms. The molecule has 4 nitrogen and oxygen atoms in total. The van der Waals surface area contributed by atoms with Crippen LogP contribution in [0.3, 0.4) is 0 Å². The van der Waals surface area contributed by atoms with E-state index in [1.54, 1.807) is 0 Å². The first kappa shape index (κ1) is 16.0. The number of nitrogens with zero attached hydrogens (tertiary/aromatic N) is 2. The van der Waals surface area contributed by atoms with Gasteiger partial charge in [-0.2, -0.15) is 0 Å². The number of halogens is 3. The fraction of sp³-hybridized carbons (Fsp3) is 0.429. The van der Waals surface area contributed by atoms with Crippen LogP contribution in [-0.2, 0) is 6.42 Å². The Balaban J connectivity index is 2.13. The van der Waals surface area contributed by atoms with E-state index in [9.17, 15) is 8.78 Å². The molecule has 0 aliphatic heterocycles. The molecular weight excluding hydrogens is 344 g/mol. The van der Waals surface area contributed by atoms with Crippen molar-refractivity contribution in [3.8, 4) is 11.5 Å². The van der Waals surface area contributed by atoms with E-state index in [1.165, 1.54) is 0 Å². The quantitative estimate of drug-likeness (QED) is 0.903. The normalized spacial score (nSPS) is 11.9. The average molecular weight is 360 g/mol. The summed E-state index contributed by atoms with van der Waals surface area (Å²) < 4.78 is 33.3. The zero-order valence-electron chi connectivity index (χ0n) is 12.0. The van der Waals surface area contributed by atoms with Crippen molar-refractivity contribution in [2.45, 2.75) is 32.7 Å². The first-order valence-corrected chi connectivity index (χ1v) is 7.28. The number of aromatic nitrogens is 2. The summed E-state index contributed by atoms with van der Waals surface area (Å²) in [5.74, 6) is -1.30. The van der Waals surface area contributed by atoms with E-state index in [0.717, 1.165) is 12.1 Å². The SMILES string of the molecule is CC(C)(C)NCCc1nnc(-c2c(F)cc(Br)cc2F)o1. The molecule has 2 aromatic rings. The van der Waals surface area contributed by atoms with Gasteiger partial charge >= 0.3 is 0 Å². The van der Waals surface area contributed by atoms with Crippen LogP contribution in [-0.4, -0.2) is 22.3 Å². The zero-order valence-corrected chi connectivity index (χ0v) is 13.6. The molecule has 1 heterocycles. The molecule has 0 radical (unpaired) electrons. The summed E-state index contributed by atoms with van der Waals surface area (Å²) in [6.45, 7) is 6.76. The van der Waals surface area contributed by atoms with Crippen molar-refractivity contribution in [2.24, 2.45) is 0 Å². The molecule has 0 amide bonds. The second-order valence-electron chi connectivity index (χ2n) is 5.67. The Morgan fingerprint density at radius 1 is 1.19 bits per heavy atom. The fourth-order valence-corrected chi connectivity index (χ4v) is 2.15. The van der Waals surface area contributed by atoms with Crippen LogP contribution in [0.1, 0.15) is 26.7 Å². The van der Waals surface area contributed by atoms with Gasteiger partial charge in [0.25, 0.3) is 5.89 Å². The van der Waals surface area contributed by atoms with Crippen molar-refractivity contribution < 1.29 is 13.2 Å². The summed E-state index contributed by atoms with van der Waals surface area (Å²) >= 11 is 3.02. The summed E-state index contributed by atoms with van der Waals surface area (Å²) in [7, 11) is 0. The van der Waals surface area contributed by atoms with Gasteiger partial charge in [0.2, 0.25) is 5.89 Å². The number of hydrogen-bond acceptors (Lipinski definition) is 4. The third kappa shape index (κ3) is 4.31. The molecule has 0 saturated heterocycles. The van der Waals surface area contributed by atoms with Crippen LogP contribution in [0.25, 0.3) is 11.5 Å². The summed E-state index contributed by atoms with van der Waals surface area (Å²) in [5.41, 5.74) is -0.326. The second kappa shape index (κ2) is 6.19. The summed E-state index contributed by atoms with van der Waals surface area (Å²) in [4.78, 5) is 0. The van der Waals surface area contributed by atoms with Crippen molar-refractivity contribution >= 4 is 15.9 Å². The van der Waals surface area contributed by atoms with E-state index in [-0.39, 0.29) is 17.0 Å². The van der Waals surface area contributed by atoms with Gasteiger partial charge in [-0.3, -0.25) is 0 Å². The first-order chi connectivity index (χ1) is 9.76. The minimum Gasteiger partial charge on any atom is -0.420 e. The van der Waals surface area contributed by atoms with Crippen LogP contribution in [0, 0.1) is 11.6 Å². The molecule has 1 aromatic carbocycles. The highest BCUT2D eigenvalue weighted by molar-refractivity contribution is 9.10. The molecule has 21 heavy (non-hydrogen) atoms. The van der Waals surface area contributed by atoms with E-state index in [2.05, 4.69) is 31.4 Å². The molecule has 1 aromatic heterocycles. The van der Waals surface area contributed by atoms with Gasteiger partial charge < -0.3 is 9.73 Å². The largest absolute Gasteiger partial charge is 0.420 e. The number of nitrogens with one attached hydrogen (secondary N) is 1. The molecule has 0 bridgehead atoms. The lowest BCUT2D eigenvalue weighted by atomic mass is 10.1. The van der Waals surface area contributed by atoms with Crippen LogP contribution in [0.15, 0.2) is 21.0 Å². The van der Waals surface area contributed by atoms with E-state index >= 15 is 0 Å². The summed E-state index contributed by atoms with van der Waals surface area (Å²) in [6.07, 6.45) is 0.490. The summed E-state index contributed by atoms with van der Waals surface area (Å²) in [5, 5.41) is 10.8. The molecule has 0 saturated carbocycles. The third-order valence-corrected chi connectivity index (χ3v) is 3.14. The Morgan fingerprint density at radius 3 is 2.38 bits per heavy atom. The Bertz CT molecular complexity index is 614. The Morgan fingerprint density at radius 2 is 1.81 bits per heavy atom. The molecule has 0 aliphatic carbocycles. The highest BCUT2D eigenvalue weighted by Crippen LogP contribution is 2.28. The molecule has 0 aliphatic rings. The van der Waals surface area contributed by atoms with Crippen molar-refractivity contribution in [1.82, 2.24) is 15.5 Å². The van der Waals surface area contributed by atoms with Crippen LogP contribution in [0.2, 0.25) is 0 Å². The van der Waals surface area contributed by atoms with Crippen molar-refractivity contribution in [2.75, 3.05) is 6.54 Å². The van der Waals surface area contributed by atoms with E-state index in [4.69, 9.17) is 4.42 Å². The highest BCUT2D eigenvalue weighted by Gasteiger charge is 2.19. The van der Waals surface area contributed by atoms with Gasteiger partial charge in [-0.05, 0) is 32.9 Å². The van der Waals surface area contributed by atoms with Gasteiger partial charge in [0, 0.05) is 23.0 Å². The first-order valence-electron chi connectivity index (χ1n) is 6.48. The third-order valence-electron chi connectivity index (χ3n) is 2.68. The zero-order chi connectivity index (χ0) is 15.6. The van der Waals surface area contributed by atoms with E-state index in [1.807, 2.05) is 20.8 Å². The predicted molar refractivity (Wildman–Crippen MR) is 78.8 cm³/mol. The van der Waals surface area contributed by atoms with Gasteiger partial charge in [-0.25, -0.2) is 8.78 Å². The van der Waals surface area contributed by atoms with E-state index in [0.29, 0.717) is 23.3 Å². The minimum absolute atomic E-state index is 0.0211. The second-order valence-corrected chi connectivity index (χ2v) is 6.59. The Kier molecular flexibility index (Phi) is 4.73. The molecule has 0 unspecified atom stereocenters. The van der Waals surface area contributed by atoms with Gasteiger partial charge in [-0.15, -0.1) is 10.2 Å². The standard InChI is InChI=1S/C14H16BrF2N3O/c1-14(2,3)18-5-4-11-19-20-13(21-11)12-9(16)6-8(15)7-10(12)17/h6-7,18H,4-5H2,1-3H3. The molecular formula is C14H16BrF2N3O. The Labute approximate surface area is 130 Å². The van der Waals surface area contributed by atoms with Crippen LogP contribution < -0.4 is 5.32 Å². The predicted octanol–water partition coefficient (Wildman–Crippen LogP) is 3.71. The Hall–Kier alpha value is -1.34. The maximum Gasteiger partial charge on any atom is 0.253 e.